The third-order valence-corrected chi connectivity index (χ3v) is 11.2. The zero-order chi connectivity index (χ0) is 31.7. The van der Waals surface area contributed by atoms with Gasteiger partial charge in [0.15, 0.2) is 5.78 Å². The van der Waals surface area contributed by atoms with E-state index in [4.69, 9.17) is 0 Å². The van der Waals surface area contributed by atoms with E-state index < -0.39 is 0 Å². The van der Waals surface area contributed by atoms with E-state index in [1.54, 1.807) is 5.56 Å². The van der Waals surface area contributed by atoms with E-state index in [0.29, 0.717) is 11.8 Å². The molecule has 0 fully saturated rings. The first-order valence-electron chi connectivity index (χ1n) is 17.9. The lowest BCUT2D eigenvalue weighted by Crippen LogP contribution is -2.31. The Morgan fingerprint density at radius 1 is 0.533 bits per heavy atom. The quantitative estimate of drug-likeness (QED) is 0.132. The Balaban J connectivity index is 1.50. The third kappa shape index (κ3) is 5.73. The molecule has 2 unspecified atom stereocenters. The second-order valence-corrected chi connectivity index (χ2v) is 14.3. The lowest BCUT2D eigenvalue weighted by molar-refractivity contribution is 0.104. The Labute approximate surface area is 272 Å². The fourth-order valence-corrected chi connectivity index (χ4v) is 8.56. The third-order valence-electron chi connectivity index (χ3n) is 11.2. The van der Waals surface area contributed by atoms with Crippen molar-refractivity contribution in [2.24, 2.45) is 11.8 Å². The fraction of sp³-hybridized carbons (Fsp3) is 0.432. The molecule has 0 spiro atoms. The van der Waals surface area contributed by atoms with Crippen LogP contribution in [-0.4, -0.2) is 5.78 Å². The van der Waals surface area contributed by atoms with Crippen molar-refractivity contribution in [2.75, 3.05) is 0 Å². The number of ketones is 1. The number of carbonyl (C=O) groups is 1. The molecule has 4 aromatic rings. The van der Waals surface area contributed by atoms with Crippen LogP contribution in [0.5, 0.6) is 0 Å². The minimum Gasteiger partial charge on any atom is -0.289 e. The molecule has 0 aromatic heterocycles. The summed E-state index contributed by atoms with van der Waals surface area (Å²) in [6.07, 6.45) is 12.6. The second-order valence-electron chi connectivity index (χ2n) is 14.3. The minimum atomic E-state index is 0.00976. The van der Waals surface area contributed by atoms with Gasteiger partial charge in [0.25, 0.3) is 0 Å². The highest BCUT2D eigenvalue weighted by Gasteiger charge is 2.45. The number of fused-ring (bicyclic) bond motifs is 6. The van der Waals surface area contributed by atoms with E-state index in [2.05, 4.69) is 108 Å². The van der Waals surface area contributed by atoms with Crippen LogP contribution in [0.1, 0.15) is 130 Å². The molecule has 0 radical (unpaired) electrons. The Morgan fingerprint density at radius 3 is 1.58 bits per heavy atom. The van der Waals surface area contributed by atoms with Gasteiger partial charge in [-0.2, -0.15) is 0 Å². The molecule has 0 heterocycles. The SMILES string of the molecule is CCCCC(CC)CC1(CC(CC)CCCC)c2cc(C)ccc2-c2ccc(-c3ccc4c(c3)C(=O)c3cc(C)ccc3-4)cc21. The van der Waals surface area contributed by atoms with Gasteiger partial charge < -0.3 is 0 Å². The molecule has 6 rings (SSSR count). The van der Waals surface area contributed by atoms with Crippen LogP contribution in [0.25, 0.3) is 33.4 Å². The molecule has 0 aliphatic heterocycles. The zero-order valence-corrected chi connectivity index (χ0v) is 28.6. The largest absolute Gasteiger partial charge is 0.289 e. The molecule has 1 nitrogen and oxygen atoms in total. The number of rotatable bonds is 13. The highest BCUT2D eigenvalue weighted by Crippen LogP contribution is 2.57. The van der Waals surface area contributed by atoms with Crippen molar-refractivity contribution in [3.8, 4) is 33.4 Å². The highest BCUT2D eigenvalue weighted by atomic mass is 16.1. The van der Waals surface area contributed by atoms with Crippen LogP contribution in [0, 0.1) is 25.7 Å². The Kier molecular flexibility index (Phi) is 9.19. The average molecular weight is 597 g/mol. The second kappa shape index (κ2) is 13.1. The summed E-state index contributed by atoms with van der Waals surface area (Å²) in [4.78, 5) is 13.6. The van der Waals surface area contributed by atoms with E-state index in [9.17, 15) is 4.79 Å². The summed E-state index contributed by atoms with van der Waals surface area (Å²) in [7, 11) is 0. The number of benzene rings is 4. The van der Waals surface area contributed by atoms with E-state index in [-0.39, 0.29) is 11.2 Å². The maximum Gasteiger partial charge on any atom is 0.194 e. The molecule has 1 heteroatoms. The molecule has 2 atom stereocenters. The lowest BCUT2D eigenvalue weighted by Gasteiger charge is -2.39. The minimum absolute atomic E-state index is 0.00976. The number of carbonyl (C=O) groups excluding carboxylic acids is 1. The van der Waals surface area contributed by atoms with Crippen LogP contribution in [0.3, 0.4) is 0 Å². The Hall–Kier alpha value is -3.45. The van der Waals surface area contributed by atoms with Gasteiger partial charge in [0.2, 0.25) is 0 Å². The predicted molar refractivity (Wildman–Crippen MR) is 192 cm³/mol. The van der Waals surface area contributed by atoms with E-state index >= 15 is 0 Å². The van der Waals surface area contributed by atoms with Crippen LogP contribution in [0.2, 0.25) is 0 Å². The van der Waals surface area contributed by atoms with E-state index in [0.717, 1.165) is 33.4 Å². The smallest absolute Gasteiger partial charge is 0.194 e. The summed E-state index contributed by atoms with van der Waals surface area (Å²) < 4.78 is 0. The lowest BCUT2D eigenvalue weighted by atomic mass is 9.65. The Morgan fingerprint density at radius 2 is 1.00 bits per heavy atom. The number of hydrogen-bond acceptors (Lipinski definition) is 1. The van der Waals surface area contributed by atoms with Gasteiger partial charge in [0.1, 0.15) is 0 Å². The van der Waals surface area contributed by atoms with Crippen molar-refractivity contribution in [3.63, 3.8) is 0 Å². The van der Waals surface area contributed by atoms with Gasteiger partial charge in [-0.15, -0.1) is 0 Å². The fourth-order valence-electron chi connectivity index (χ4n) is 8.56. The first kappa shape index (κ1) is 31.5. The molecule has 0 saturated heterocycles. The van der Waals surface area contributed by atoms with E-state index in [1.165, 1.54) is 92.0 Å². The predicted octanol–water partition coefficient (Wildman–Crippen LogP) is 12.7. The normalized spacial score (nSPS) is 17.5. The average Bonchev–Trinajstić information content (AvgIpc) is 3.48. The van der Waals surface area contributed by atoms with Crippen molar-refractivity contribution in [1.82, 2.24) is 0 Å². The molecule has 2 aliphatic carbocycles. The molecule has 45 heavy (non-hydrogen) atoms. The number of aryl methyl sites for hydroxylation is 2. The Bertz CT molecular complexity index is 1690. The molecular formula is C44H52O. The summed E-state index contributed by atoms with van der Waals surface area (Å²) in [6.45, 7) is 13.8. The van der Waals surface area contributed by atoms with Crippen LogP contribution in [-0.2, 0) is 5.41 Å². The van der Waals surface area contributed by atoms with Gasteiger partial charge in [0.05, 0.1) is 0 Å². The monoisotopic (exact) mass is 596 g/mol. The molecule has 0 amide bonds. The first-order valence-corrected chi connectivity index (χ1v) is 17.9. The molecular weight excluding hydrogens is 544 g/mol. The maximum absolute atomic E-state index is 13.6. The standard InChI is InChI=1S/C44H52O/c1-7-11-13-31(9-3)27-44(28-32(10-4)14-12-8-2)41-24-30(6)16-20-37(41)38-22-18-34(26-42(38)44)33-17-21-36-35-19-15-29(5)23-39(35)43(45)40(36)25-33/h15-26,31-32H,7-14,27-28H2,1-6H3. The summed E-state index contributed by atoms with van der Waals surface area (Å²) in [5.41, 5.74) is 14.7. The molecule has 234 valence electrons. The van der Waals surface area contributed by atoms with Gasteiger partial charge in [-0.05, 0) is 101 Å². The molecule has 4 aromatic carbocycles. The highest BCUT2D eigenvalue weighted by molar-refractivity contribution is 6.22. The number of hydrogen-bond donors (Lipinski definition) is 0. The molecule has 0 saturated carbocycles. The van der Waals surface area contributed by atoms with Crippen LogP contribution in [0.4, 0.5) is 0 Å². The van der Waals surface area contributed by atoms with Gasteiger partial charge in [0, 0.05) is 16.5 Å². The molecule has 0 N–H and O–H groups in total. The van der Waals surface area contributed by atoms with Crippen molar-refractivity contribution in [2.45, 2.75) is 111 Å². The number of unbranched alkanes of at least 4 members (excludes halogenated alkanes) is 2. The van der Waals surface area contributed by atoms with Crippen LogP contribution in [0.15, 0.2) is 72.8 Å². The topological polar surface area (TPSA) is 17.1 Å². The summed E-state index contributed by atoms with van der Waals surface area (Å²) in [5.74, 6) is 1.57. The van der Waals surface area contributed by atoms with Crippen molar-refractivity contribution < 1.29 is 4.79 Å². The summed E-state index contributed by atoms with van der Waals surface area (Å²) in [6, 6.07) is 27.3. The summed E-state index contributed by atoms with van der Waals surface area (Å²) >= 11 is 0. The first-order chi connectivity index (χ1) is 21.8. The van der Waals surface area contributed by atoms with Crippen molar-refractivity contribution in [3.05, 3.63) is 106 Å². The van der Waals surface area contributed by atoms with Crippen molar-refractivity contribution >= 4 is 5.78 Å². The maximum atomic E-state index is 13.6. The van der Waals surface area contributed by atoms with Crippen LogP contribution < -0.4 is 0 Å². The van der Waals surface area contributed by atoms with Crippen molar-refractivity contribution in [1.29, 1.82) is 0 Å². The van der Waals surface area contributed by atoms with Gasteiger partial charge in [-0.1, -0.05) is 145 Å². The summed E-state index contributed by atoms with van der Waals surface area (Å²) in [5, 5.41) is 0. The zero-order valence-electron chi connectivity index (χ0n) is 28.6. The van der Waals surface area contributed by atoms with Gasteiger partial charge in [-0.25, -0.2) is 0 Å². The molecule has 0 bridgehead atoms. The van der Waals surface area contributed by atoms with Gasteiger partial charge in [-0.3, -0.25) is 4.79 Å². The van der Waals surface area contributed by atoms with Gasteiger partial charge >= 0.3 is 0 Å². The van der Waals surface area contributed by atoms with E-state index in [1.807, 2.05) is 6.07 Å². The van der Waals surface area contributed by atoms with Crippen LogP contribution >= 0.6 is 0 Å². The molecule has 2 aliphatic rings.